The summed E-state index contributed by atoms with van der Waals surface area (Å²) in [6.45, 7) is 4.25. The number of carbonyl (C=O) groups is 2. The maximum absolute atomic E-state index is 14.4. The summed E-state index contributed by atoms with van der Waals surface area (Å²) in [5.74, 6) is -0.485. The van der Waals surface area contributed by atoms with Crippen molar-refractivity contribution in [3.05, 3.63) is 66.0 Å². The molecule has 0 saturated heterocycles. The van der Waals surface area contributed by atoms with E-state index in [1.54, 1.807) is 36.6 Å². The van der Waals surface area contributed by atoms with Gasteiger partial charge in [-0.2, -0.15) is 0 Å². The lowest BCUT2D eigenvalue weighted by Gasteiger charge is -2.14. The first-order valence-corrected chi connectivity index (χ1v) is 10.3. The molecule has 7 nitrogen and oxygen atoms in total. The molecule has 9 heteroatoms. The van der Waals surface area contributed by atoms with Crippen molar-refractivity contribution in [3.63, 3.8) is 0 Å². The number of urea groups is 1. The molecule has 0 saturated carbocycles. The Bertz CT molecular complexity index is 1030. The first-order valence-electron chi connectivity index (χ1n) is 9.47. The van der Waals surface area contributed by atoms with E-state index in [0.29, 0.717) is 29.6 Å². The average Bonchev–Trinajstić information content (AvgIpc) is 3.11. The van der Waals surface area contributed by atoms with Gasteiger partial charge >= 0.3 is 6.03 Å². The predicted molar refractivity (Wildman–Crippen MR) is 113 cm³/mol. The van der Waals surface area contributed by atoms with E-state index in [-0.39, 0.29) is 0 Å². The molecule has 156 valence electrons. The van der Waals surface area contributed by atoms with Crippen LogP contribution in [0.5, 0.6) is 0 Å². The minimum atomic E-state index is -0.611. The Hall–Kier alpha value is -3.20. The van der Waals surface area contributed by atoms with Gasteiger partial charge in [0.25, 0.3) is 0 Å². The SMILES string of the molecule is CCNC(=O)NC(=O)[C@@H](C)Sc1nnc(-c2ccccc2F)n1Cc1ccccc1. The van der Waals surface area contributed by atoms with Gasteiger partial charge in [-0.3, -0.25) is 14.7 Å². The molecule has 30 heavy (non-hydrogen) atoms. The largest absolute Gasteiger partial charge is 0.338 e. The van der Waals surface area contributed by atoms with Crippen molar-refractivity contribution in [1.82, 2.24) is 25.4 Å². The molecule has 3 amide bonds. The highest BCUT2D eigenvalue weighted by Gasteiger charge is 2.23. The first kappa shape index (κ1) is 21.5. The van der Waals surface area contributed by atoms with Crippen LogP contribution in [0, 0.1) is 5.82 Å². The van der Waals surface area contributed by atoms with E-state index in [2.05, 4.69) is 20.8 Å². The number of benzene rings is 2. The van der Waals surface area contributed by atoms with Crippen molar-refractivity contribution in [1.29, 1.82) is 0 Å². The summed E-state index contributed by atoms with van der Waals surface area (Å²) in [6, 6.07) is 15.4. The maximum atomic E-state index is 14.4. The number of amides is 3. The summed E-state index contributed by atoms with van der Waals surface area (Å²) in [5, 5.41) is 13.0. The van der Waals surface area contributed by atoms with E-state index >= 15 is 0 Å². The van der Waals surface area contributed by atoms with Crippen LogP contribution in [0.4, 0.5) is 9.18 Å². The summed E-state index contributed by atoms with van der Waals surface area (Å²) >= 11 is 1.15. The molecule has 3 aromatic rings. The van der Waals surface area contributed by atoms with Gasteiger partial charge in [0.1, 0.15) is 5.82 Å². The van der Waals surface area contributed by atoms with Crippen LogP contribution in [-0.4, -0.2) is 38.5 Å². The van der Waals surface area contributed by atoms with Crippen LogP contribution in [0.3, 0.4) is 0 Å². The third-order valence-corrected chi connectivity index (χ3v) is 5.32. The van der Waals surface area contributed by atoms with Gasteiger partial charge in [0, 0.05) is 6.54 Å². The number of halogens is 1. The Morgan fingerprint density at radius 2 is 1.80 bits per heavy atom. The van der Waals surface area contributed by atoms with Gasteiger partial charge < -0.3 is 5.32 Å². The number of carbonyl (C=O) groups excluding carboxylic acids is 2. The lowest BCUT2D eigenvalue weighted by Crippen LogP contribution is -2.42. The molecular formula is C21H22FN5O2S. The summed E-state index contributed by atoms with van der Waals surface area (Å²) in [7, 11) is 0. The topological polar surface area (TPSA) is 88.9 Å². The third kappa shape index (κ3) is 5.24. The zero-order valence-corrected chi connectivity index (χ0v) is 17.4. The lowest BCUT2D eigenvalue weighted by atomic mass is 10.2. The maximum Gasteiger partial charge on any atom is 0.321 e. The van der Waals surface area contributed by atoms with Gasteiger partial charge in [-0.15, -0.1) is 10.2 Å². The van der Waals surface area contributed by atoms with Crippen LogP contribution < -0.4 is 10.6 Å². The molecule has 2 N–H and O–H groups in total. The molecule has 1 aromatic heterocycles. The quantitative estimate of drug-likeness (QED) is 0.564. The van der Waals surface area contributed by atoms with E-state index in [4.69, 9.17) is 0 Å². The zero-order chi connectivity index (χ0) is 21.5. The van der Waals surface area contributed by atoms with Gasteiger partial charge in [-0.05, 0) is 31.5 Å². The Morgan fingerprint density at radius 3 is 2.50 bits per heavy atom. The summed E-state index contributed by atoms with van der Waals surface area (Å²) in [5.41, 5.74) is 1.31. The minimum absolute atomic E-state index is 0.326. The molecule has 0 aliphatic carbocycles. The van der Waals surface area contributed by atoms with Crippen LogP contribution in [0.15, 0.2) is 59.8 Å². The Labute approximate surface area is 178 Å². The van der Waals surface area contributed by atoms with Gasteiger partial charge in [-0.25, -0.2) is 9.18 Å². The molecule has 0 aliphatic heterocycles. The van der Waals surface area contributed by atoms with Crippen LogP contribution in [0.1, 0.15) is 19.4 Å². The van der Waals surface area contributed by atoms with E-state index < -0.39 is 23.0 Å². The number of imide groups is 1. The van der Waals surface area contributed by atoms with E-state index in [1.165, 1.54) is 6.07 Å². The van der Waals surface area contributed by atoms with Gasteiger partial charge in [-0.1, -0.05) is 54.2 Å². The van der Waals surface area contributed by atoms with Crippen molar-refractivity contribution in [2.24, 2.45) is 0 Å². The van der Waals surface area contributed by atoms with Crippen LogP contribution in [0.2, 0.25) is 0 Å². The number of hydrogen-bond acceptors (Lipinski definition) is 5. The molecule has 3 rings (SSSR count). The second-order valence-electron chi connectivity index (χ2n) is 6.47. The third-order valence-electron chi connectivity index (χ3n) is 4.24. The number of aromatic nitrogens is 3. The highest BCUT2D eigenvalue weighted by Crippen LogP contribution is 2.29. The summed E-state index contributed by atoms with van der Waals surface area (Å²) in [4.78, 5) is 23.9. The fourth-order valence-corrected chi connectivity index (χ4v) is 3.60. The number of hydrogen-bond donors (Lipinski definition) is 2. The van der Waals surface area contributed by atoms with Crippen LogP contribution >= 0.6 is 11.8 Å². The van der Waals surface area contributed by atoms with Gasteiger partial charge in [0.2, 0.25) is 5.91 Å². The zero-order valence-electron chi connectivity index (χ0n) is 16.6. The molecule has 0 fully saturated rings. The molecule has 1 atom stereocenters. The van der Waals surface area contributed by atoms with E-state index in [9.17, 15) is 14.0 Å². The summed E-state index contributed by atoms with van der Waals surface area (Å²) < 4.78 is 16.2. The van der Waals surface area contributed by atoms with E-state index in [1.807, 2.05) is 30.3 Å². The van der Waals surface area contributed by atoms with Crippen molar-refractivity contribution < 1.29 is 14.0 Å². The molecule has 0 spiro atoms. The fourth-order valence-electron chi connectivity index (χ4n) is 2.76. The Morgan fingerprint density at radius 1 is 1.10 bits per heavy atom. The molecule has 1 heterocycles. The smallest absolute Gasteiger partial charge is 0.321 e. The first-order chi connectivity index (χ1) is 14.5. The highest BCUT2D eigenvalue weighted by molar-refractivity contribution is 8.00. The average molecular weight is 428 g/mol. The second-order valence-corrected chi connectivity index (χ2v) is 7.77. The van der Waals surface area contributed by atoms with E-state index in [0.717, 1.165) is 17.3 Å². The minimum Gasteiger partial charge on any atom is -0.338 e. The normalized spacial score (nSPS) is 11.7. The number of thioether (sulfide) groups is 1. The Kier molecular flexibility index (Phi) is 7.18. The molecule has 0 bridgehead atoms. The van der Waals surface area contributed by atoms with Gasteiger partial charge in [0.05, 0.1) is 17.4 Å². The van der Waals surface area contributed by atoms with Crippen molar-refractivity contribution in [3.8, 4) is 11.4 Å². The summed E-state index contributed by atoms with van der Waals surface area (Å²) in [6.07, 6.45) is 0. The van der Waals surface area contributed by atoms with Crippen molar-refractivity contribution >= 4 is 23.7 Å². The molecule has 0 unspecified atom stereocenters. The van der Waals surface area contributed by atoms with Crippen LogP contribution in [0.25, 0.3) is 11.4 Å². The molecule has 0 aliphatic rings. The number of rotatable bonds is 7. The van der Waals surface area contributed by atoms with Crippen LogP contribution in [-0.2, 0) is 11.3 Å². The monoisotopic (exact) mass is 427 g/mol. The lowest BCUT2D eigenvalue weighted by molar-refractivity contribution is -0.119. The van der Waals surface area contributed by atoms with Crippen molar-refractivity contribution in [2.45, 2.75) is 30.8 Å². The number of nitrogens with one attached hydrogen (secondary N) is 2. The highest BCUT2D eigenvalue weighted by atomic mass is 32.2. The van der Waals surface area contributed by atoms with Crippen molar-refractivity contribution in [2.75, 3.05) is 6.54 Å². The Balaban J connectivity index is 1.89. The molecule has 0 radical (unpaired) electrons. The standard InChI is InChI=1S/C21H22FN5O2S/c1-3-23-20(29)24-19(28)14(2)30-21-26-25-18(16-11-7-8-12-17(16)22)27(21)13-15-9-5-4-6-10-15/h4-12,14H,3,13H2,1-2H3,(H2,23,24,28,29)/t14-/m1/s1. The fraction of sp³-hybridized carbons (Fsp3) is 0.238. The molecule has 2 aromatic carbocycles. The van der Waals surface area contributed by atoms with Gasteiger partial charge in [0.15, 0.2) is 11.0 Å². The number of nitrogens with zero attached hydrogens (tertiary/aromatic N) is 3. The predicted octanol–water partition coefficient (Wildman–Crippen LogP) is 3.46. The molecular weight excluding hydrogens is 405 g/mol. The second kappa shape index (κ2) is 10.0.